The Morgan fingerprint density at radius 1 is 1.28 bits per heavy atom. The monoisotopic (exact) mass is 341 g/mol. The molecule has 0 bridgehead atoms. The Balaban J connectivity index is 1.67. The molecular weight excluding hydrogens is 314 g/mol. The van der Waals surface area contributed by atoms with E-state index in [1.165, 1.54) is 16.7 Å². The van der Waals surface area contributed by atoms with Crippen molar-refractivity contribution < 1.29 is 9.15 Å². The van der Waals surface area contributed by atoms with Gasteiger partial charge in [0.05, 0.1) is 13.2 Å². The van der Waals surface area contributed by atoms with Crippen molar-refractivity contribution in [2.75, 3.05) is 26.7 Å². The number of benzene rings is 1. The van der Waals surface area contributed by atoms with E-state index < -0.39 is 0 Å². The summed E-state index contributed by atoms with van der Waals surface area (Å²) in [5.41, 5.74) is 3.69. The van der Waals surface area contributed by atoms with Crippen molar-refractivity contribution in [3.05, 3.63) is 58.5 Å². The van der Waals surface area contributed by atoms with Crippen LogP contribution >= 0.6 is 0 Å². The van der Waals surface area contributed by atoms with Gasteiger partial charge in [-0.2, -0.15) is 0 Å². The molecule has 3 rings (SSSR count). The van der Waals surface area contributed by atoms with Gasteiger partial charge in [-0.15, -0.1) is 0 Å². The summed E-state index contributed by atoms with van der Waals surface area (Å²) in [5.74, 6) is 2.80. The number of nitrogens with one attached hydrogen (secondary N) is 1. The fourth-order valence-corrected chi connectivity index (χ4v) is 3.34. The van der Waals surface area contributed by atoms with Gasteiger partial charge in [-0.1, -0.05) is 24.3 Å². The minimum atomic E-state index is 0.0754. The highest BCUT2D eigenvalue weighted by Gasteiger charge is 2.25. The van der Waals surface area contributed by atoms with E-state index in [0.29, 0.717) is 13.2 Å². The number of ether oxygens (including phenoxy) is 1. The number of hydrogen-bond acceptors (Lipinski definition) is 3. The largest absolute Gasteiger partial charge is 0.466 e. The second kappa shape index (κ2) is 7.74. The molecule has 1 N–H and O–H groups in total. The third-order valence-electron chi connectivity index (χ3n) is 4.69. The molecule has 0 radical (unpaired) electrons. The van der Waals surface area contributed by atoms with Crippen LogP contribution in [0.15, 0.2) is 39.7 Å². The lowest BCUT2D eigenvalue weighted by Gasteiger charge is -2.35. The Kier molecular flexibility index (Phi) is 5.43. The number of rotatable bonds is 3. The minimum Gasteiger partial charge on any atom is -0.466 e. The molecule has 1 saturated heterocycles. The third kappa shape index (κ3) is 4.04. The Hall–Kier alpha value is -2.27. The molecule has 0 spiro atoms. The molecule has 1 aliphatic heterocycles. The van der Waals surface area contributed by atoms with Gasteiger partial charge in [0.2, 0.25) is 0 Å². The van der Waals surface area contributed by atoms with Crippen LogP contribution in [0.25, 0.3) is 0 Å². The average molecular weight is 341 g/mol. The first-order chi connectivity index (χ1) is 12.1. The van der Waals surface area contributed by atoms with Crippen LogP contribution in [-0.4, -0.2) is 37.6 Å². The van der Waals surface area contributed by atoms with Gasteiger partial charge < -0.3 is 19.4 Å². The first kappa shape index (κ1) is 17.5. The molecule has 134 valence electrons. The number of guanidine groups is 1. The molecule has 5 heteroatoms. The lowest BCUT2D eigenvalue weighted by molar-refractivity contribution is -0.00834. The highest BCUT2D eigenvalue weighted by Crippen LogP contribution is 2.25. The van der Waals surface area contributed by atoms with Crippen LogP contribution in [0.4, 0.5) is 0 Å². The van der Waals surface area contributed by atoms with E-state index in [4.69, 9.17) is 9.15 Å². The predicted molar refractivity (Wildman–Crippen MR) is 99.8 cm³/mol. The SMILES string of the molecule is CN=C(NCc1cc(C)oc1C)N1CCOC(c2ccccc2C)C1. The Morgan fingerprint density at radius 3 is 2.76 bits per heavy atom. The predicted octanol–water partition coefficient (Wildman–Crippen LogP) is 3.35. The first-order valence-electron chi connectivity index (χ1n) is 8.77. The molecule has 1 aliphatic rings. The summed E-state index contributed by atoms with van der Waals surface area (Å²) in [6.45, 7) is 9.15. The van der Waals surface area contributed by atoms with E-state index in [9.17, 15) is 0 Å². The van der Waals surface area contributed by atoms with Crippen molar-refractivity contribution in [2.45, 2.75) is 33.4 Å². The quantitative estimate of drug-likeness (QED) is 0.687. The summed E-state index contributed by atoms with van der Waals surface area (Å²) in [5, 5.41) is 3.46. The van der Waals surface area contributed by atoms with E-state index in [-0.39, 0.29) is 6.10 Å². The maximum Gasteiger partial charge on any atom is 0.194 e. The van der Waals surface area contributed by atoms with Crippen molar-refractivity contribution in [1.82, 2.24) is 10.2 Å². The van der Waals surface area contributed by atoms with Crippen molar-refractivity contribution >= 4 is 5.96 Å². The summed E-state index contributed by atoms with van der Waals surface area (Å²) < 4.78 is 11.6. The van der Waals surface area contributed by atoms with E-state index in [2.05, 4.69) is 52.5 Å². The molecule has 1 unspecified atom stereocenters. The van der Waals surface area contributed by atoms with Crippen LogP contribution in [0, 0.1) is 20.8 Å². The molecule has 0 amide bonds. The summed E-state index contributed by atoms with van der Waals surface area (Å²) in [6.07, 6.45) is 0.0754. The van der Waals surface area contributed by atoms with Gasteiger partial charge in [-0.25, -0.2) is 0 Å². The van der Waals surface area contributed by atoms with Gasteiger partial charge in [0.15, 0.2) is 5.96 Å². The number of hydrogen-bond donors (Lipinski definition) is 1. The molecule has 1 atom stereocenters. The maximum absolute atomic E-state index is 6.02. The topological polar surface area (TPSA) is 50.0 Å². The molecule has 1 aromatic heterocycles. The summed E-state index contributed by atoms with van der Waals surface area (Å²) in [7, 11) is 1.83. The molecular formula is C20H27N3O2. The number of aliphatic imine (C=N–C) groups is 1. The summed E-state index contributed by atoms with van der Waals surface area (Å²) in [4.78, 5) is 6.73. The number of aryl methyl sites for hydroxylation is 3. The second-order valence-electron chi connectivity index (χ2n) is 6.50. The van der Waals surface area contributed by atoms with E-state index in [1.807, 2.05) is 20.9 Å². The summed E-state index contributed by atoms with van der Waals surface area (Å²) >= 11 is 0. The standard InChI is InChI=1S/C20H27N3O2/c1-14-7-5-6-8-18(14)19-13-23(9-10-24-19)20(21-4)22-12-17-11-15(2)25-16(17)3/h5-8,11,19H,9-10,12-13H2,1-4H3,(H,21,22). The van der Waals surface area contributed by atoms with E-state index >= 15 is 0 Å². The Morgan fingerprint density at radius 2 is 2.08 bits per heavy atom. The molecule has 5 nitrogen and oxygen atoms in total. The first-order valence-corrected chi connectivity index (χ1v) is 8.77. The smallest absolute Gasteiger partial charge is 0.194 e. The van der Waals surface area contributed by atoms with Crippen LogP contribution in [0.5, 0.6) is 0 Å². The second-order valence-corrected chi connectivity index (χ2v) is 6.50. The zero-order valence-electron chi connectivity index (χ0n) is 15.5. The van der Waals surface area contributed by atoms with Gasteiger partial charge in [-0.05, 0) is 38.0 Å². The van der Waals surface area contributed by atoms with Crippen molar-refractivity contribution in [3.8, 4) is 0 Å². The zero-order valence-corrected chi connectivity index (χ0v) is 15.5. The van der Waals surface area contributed by atoms with Gasteiger partial charge in [0.25, 0.3) is 0 Å². The number of furan rings is 1. The minimum absolute atomic E-state index is 0.0754. The molecule has 1 aromatic carbocycles. The lowest BCUT2D eigenvalue weighted by atomic mass is 10.0. The van der Waals surface area contributed by atoms with Crippen molar-refractivity contribution in [1.29, 1.82) is 0 Å². The highest BCUT2D eigenvalue weighted by atomic mass is 16.5. The lowest BCUT2D eigenvalue weighted by Crippen LogP contribution is -2.48. The number of morpholine rings is 1. The molecule has 2 heterocycles. The molecule has 2 aromatic rings. The normalized spacial score (nSPS) is 18.5. The van der Waals surface area contributed by atoms with Crippen LogP contribution in [-0.2, 0) is 11.3 Å². The molecule has 0 aliphatic carbocycles. The van der Waals surface area contributed by atoms with Gasteiger partial charge >= 0.3 is 0 Å². The van der Waals surface area contributed by atoms with Gasteiger partial charge in [0.1, 0.15) is 17.6 Å². The van der Waals surface area contributed by atoms with Gasteiger partial charge in [0, 0.05) is 25.7 Å². The Bertz CT molecular complexity index is 751. The van der Waals surface area contributed by atoms with Crippen LogP contribution < -0.4 is 5.32 Å². The van der Waals surface area contributed by atoms with Crippen LogP contribution in [0.2, 0.25) is 0 Å². The van der Waals surface area contributed by atoms with Crippen LogP contribution in [0.3, 0.4) is 0 Å². The third-order valence-corrected chi connectivity index (χ3v) is 4.69. The molecule has 1 fully saturated rings. The fraction of sp³-hybridized carbons (Fsp3) is 0.450. The molecule has 25 heavy (non-hydrogen) atoms. The zero-order chi connectivity index (χ0) is 17.8. The average Bonchev–Trinajstić information content (AvgIpc) is 2.93. The Labute approximate surface area is 149 Å². The summed E-state index contributed by atoms with van der Waals surface area (Å²) in [6, 6.07) is 10.5. The highest BCUT2D eigenvalue weighted by molar-refractivity contribution is 5.80. The van der Waals surface area contributed by atoms with Crippen LogP contribution in [0.1, 0.15) is 34.3 Å². The maximum atomic E-state index is 6.02. The number of nitrogens with zero attached hydrogens (tertiary/aromatic N) is 2. The van der Waals surface area contributed by atoms with Crippen molar-refractivity contribution in [2.24, 2.45) is 4.99 Å². The van der Waals surface area contributed by atoms with Crippen molar-refractivity contribution in [3.63, 3.8) is 0 Å². The van der Waals surface area contributed by atoms with E-state index in [0.717, 1.165) is 30.6 Å². The fourth-order valence-electron chi connectivity index (χ4n) is 3.34. The molecule has 0 saturated carbocycles. The van der Waals surface area contributed by atoms with Gasteiger partial charge in [-0.3, -0.25) is 4.99 Å². The van der Waals surface area contributed by atoms with E-state index in [1.54, 1.807) is 0 Å².